The van der Waals surface area contributed by atoms with Gasteiger partial charge in [0.1, 0.15) is 5.75 Å². The maximum atomic E-state index is 11.0. The molecule has 4 N–H and O–H groups in total. The zero-order valence-corrected chi connectivity index (χ0v) is 14.9. The van der Waals surface area contributed by atoms with Crippen LogP contribution in [0.15, 0.2) is 54.6 Å². The molecule has 0 aliphatic heterocycles. The van der Waals surface area contributed by atoms with Gasteiger partial charge in [-0.15, -0.1) is 0 Å². The summed E-state index contributed by atoms with van der Waals surface area (Å²) in [6, 6.07) is 16.8. The van der Waals surface area contributed by atoms with Crippen molar-refractivity contribution in [1.82, 2.24) is 10.6 Å². The summed E-state index contributed by atoms with van der Waals surface area (Å²) in [5, 5.41) is 25.0. The minimum Gasteiger partial charge on any atom is -0.497 e. The fourth-order valence-electron chi connectivity index (χ4n) is 2.73. The fraction of sp³-hybridized carbons (Fsp3) is 0.350. The normalized spacial score (nSPS) is 13.0. The van der Waals surface area contributed by atoms with Crippen molar-refractivity contribution in [3.8, 4) is 5.75 Å². The second-order valence-corrected chi connectivity index (χ2v) is 6.12. The first-order chi connectivity index (χ1) is 12.6. The van der Waals surface area contributed by atoms with E-state index in [1.165, 1.54) is 0 Å². The van der Waals surface area contributed by atoms with Gasteiger partial charge in [0.2, 0.25) is 0 Å². The van der Waals surface area contributed by atoms with E-state index in [-0.39, 0.29) is 0 Å². The van der Waals surface area contributed by atoms with Gasteiger partial charge in [-0.25, -0.2) is 4.79 Å². The summed E-state index contributed by atoms with van der Waals surface area (Å²) in [5.74, 6) is 0.820. The molecule has 2 aromatic rings. The minimum atomic E-state index is -1.14. The van der Waals surface area contributed by atoms with Gasteiger partial charge >= 0.3 is 6.09 Å². The van der Waals surface area contributed by atoms with Crippen LogP contribution >= 0.6 is 0 Å². The van der Waals surface area contributed by atoms with E-state index in [1.807, 2.05) is 54.6 Å². The summed E-state index contributed by atoms with van der Waals surface area (Å²) >= 11 is 0. The predicted molar refractivity (Wildman–Crippen MR) is 101 cm³/mol. The Hall–Kier alpha value is -2.57. The van der Waals surface area contributed by atoms with Crippen molar-refractivity contribution in [2.75, 3.05) is 20.2 Å². The molecule has 1 amide bonds. The number of nitrogens with one attached hydrogen (secondary N) is 2. The van der Waals surface area contributed by atoms with Crippen LogP contribution in [0.5, 0.6) is 5.75 Å². The lowest BCUT2D eigenvalue weighted by atomic mass is 10.0. The number of amides is 1. The summed E-state index contributed by atoms with van der Waals surface area (Å²) in [7, 11) is 1.63. The Morgan fingerprint density at radius 3 is 2.38 bits per heavy atom. The average molecular weight is 358 g/mol. The molecule has 2 atom stereocenters. The van der Waals surface area contributed by atoms with Gasteiger partial charge in [-0.2, -0.15) is 0 Å². The van der Waals surface area contributed by atoms with Gasteiger partial charge in [0.05, 0.1) is 19.3 Å². The molecule has 2 aromatic carbocycles. The zero-order chi connectivity index (χ0) is 18.8. The number of methoxy groups -OCH3 is 1. The van der Waals surface area contributed by atoms with Crippen LogP contribution in [0.2, 0.25) is 0 Å². The van der Waals surface area contributed by atoms with Gasteiger partial charge in [-0.3, -0.25) is 0 Å². The number of carbonyl (C=O) groups is 1. The lowest BCUT2D eigenvalue weighted by Crippen LogP contribution is -2.48. The number of aliphatic hydroxyl groups excluding tert-OH is 1. The highest BCUT2D eigenvalue weighted by atomic mass is 16.5. The molecule has 6 heteroatoms. The number of benzene rings is 2. The van der Waals surface area contributed by atoms with E-state index in [1.54, 1.807) is 7.11 Å². The highest BCUT2D eigenvalue weighted by molar-refractivity contribution is 5.65. The van der Waals surface area contributed by atoms with Crippen LogP contribution in [-0.4, -0.2) is 48.7 Å². The number of carboxylic acid groups (broad SMARTS) is 1. The van der Waals surface area contributed by atoms with Crippen molar-refractivity contribution < 1.29 is 19.7 Å². The third kappa shape index (κ3) is 6.74. The highest BCUT2D eigenvalue weighted by Gasteiger charge is 2.21. The van der Waals surface area contributed by atoms with Crippen LogP contribution in [0.4, 0.5) is 4.79 Å². The van der Waals surface area contributed by atoms with Crippen LogP contribution in [0.3, 0.4) is 0 Å². The lowest BCUT2D eigenvalue weighted by molar-refractivity contribution is 0.118. The van der Waals surface area contributed by atoms with Gasteiger partial charge in [0.25, 0.3) is 0 Å². The number of aliphatic hydroxyl groups is 1. The number of hydrogen-bond acceptors (Lipinski definition) is 4. The summed E-state index contributed by atoms with van der Waals surface area (Å²) < 4.78 is 5.13. The molecule has 0 heterocycles. The van der Waals surface area contributed by atoms with Crippen molar-refractivity contribution in [2.45, 2.75) is 25.0 Å². The van der Waals surface area contributed by atoms with E-state index in [2.05, 4.69) is 10.6 Å². The molecule has 0 spiro atoms. The standard InChI is InChI=1S/C20H26N2O4/c1-26-17-9-7-15(8-10-17)11-12-21-14-19(23)18(22-20(24)25)13-16-5-3-2-4-6-16/h2-10,18-19,21-23H,11-14H2,1H3,(H,24,25)/t18-,19+/m0/s1. The molecule has 140 valence electrons. The van der Waals surface area contributed by atoms with Crippen LogP contribution < -0.4 is 15.4 Å². The van der Waals surface area contributed by atoms with E-state index >= 15 is 0 Å². The Labute approximate surface area is 153 Å². The van der Waals surface area contributed by atoms with Crippen LogP contribution in [0.25, 0.3) is 0 Å². The topological polar surface area (TPSA) is 90.8 Å². The predicted octanol–water partition coefficient (Wildman–Crippen LogP) is 2.07. The minimum absolute atomic E-state index is 0.313. The van der Waals surface area contributed by atoms with Gasteiger partial charge in [0.15, 0.2) is 0 Å². The third-order valence-electron chi connectivity index (χ3n) is 4.17. The molecular weight excluding hydrogens is 332 g/mol. The number of rotatable bonds is 10. The smallest absolute Gasteiger partial charge is 0.404 e. The van der Waals surface area contributed by atoms with Gasteiger partial charge < -0.3 is 25.6 Å². The van der Waals surface area contributed by atoms with E-state index in [0.717, 1.165) is 23.3 Å². The molecule has 26 heavy (non-hydrogen) atoms. The number of hydrogen-bond donors (Lipinski definition) is 4. The molecule has 0 bridgehead atoms. The van der Waals surface area contributed by atoms with Crippen molar-refractivity contribution in [2.24, 2.45) is 0 Å². The summed E-state index contributed by atoms with van der Waals surface area (Å²) in [5.41, 5.74) is 2.14. The van der Waals surface area contributed by atoms with Crippen molar-refractivity contribution in [1.29, 1.82) is 0 Å². The quantitative estimate of drug-likeness (QED) is 0.488. The Bertz CT molecular complexity index is 661. The molecule has 2 rings (SSSR count). The average Bonchev–Trinajstić information content (AvgIpc) is 2.65. The molecular formula is C20H26N2O4. The molecule has 0 radical (unpaired) electrons. The first-order valence-corrected chi connectivity index (χ1v) is 8.63. The Balaban J connectivity index is 1.80. The van der Waals surface area contributed by atoms with Gasteiger partial charge in [-0.05, 0) is 42.6 Å². The van der Waals surface area contributed by atoms with E-state index in [9.17, 15) is 9.90 Å². The summed E-state index contributed by atoms with van der Waals surface area (Å²) in [6.07, 6.45) is -0.702. The molecule has 6 nitrogen and oxygen atoms in total. The Kier molecular flexibility index (Phi) is 7.92. The van der Waals surface area contributed by atoms with Gasteiger partial charge in [0, 0.05) is 6.54 Å². The van der Waals surface area contributed by atoms with E-state index in [4.69, 9.17) is 9.84 Å². The molecule has 0 unspecified atom stereocenters. The molecule has 0 fully saturated rings. The molecule has 0 aliphatic rings. The summed E-state index contributed by atoms with van der Waals surface area (Å²) in [6.45, 7) is 1.00. The molecule has 0 aromatic heterocycles. The lowest BCUT2D eigenvalue weighted by Gasteiger charge is -2.23. The molecule has 0 saturated heterocycles. The molecule has 0 aliphatic carbocycles. The Morgan fingerprint density at radius 1 is 1.08 bits per heavy atom. The second kappa shape index (κ2) is 10.4. The van der Waals surface area contributed by atoms with Crippen molar-refractivity contribution >= 4 is 6.09 Å². The zero-order valence-electron chi connectivity index (χ0n) is 14.9. The van der Waals surface area contributed by atoms with E-state index in [0.29, 0.717) is 19.5 Å². The first-order valence-electron chi connectivity index (χ1n) is 8.63. The maximum absolute atomic E-state index is 11.0. The largest absolute Gasteiger partial charge is 0.497 e. The monoisotopic (exact) mass is 358 g/mol. The SMILES string of the molecule is COc1ccc(CCNC[C@@H](O)[C@H](Cc2ccccc2)NC(=O)O)cc1. The third-order valence-corrected chi connectivity index (χ3v) is 4.17. The summed E-state index contributed by atoms with van der Waals surface area (Å²) in [4.78, 5) is 11.0. The maximum Gasteiger partial charge on any atom is 0.404 e. The van der Waals surface area contributed by atoms with Crippen molar-refractivity contribution in [3.05, 3.63) is 65.7 Å². The van der Waals surface area contributed by atoms with Crippen LogP contribution in [0, 0.1) is 0 Å². The van der Waals surface area contributed by atoms with E-state index < -0.39 is 18.2 Å². The van der Waals surface area contributed by atoms with Gasteiger partial charge in [-0.1, -0.05) is 42.5 Å². The second-order valence-electron chi connectivity index (χ2n) is 6.12. The van der Waals surface area contributed by atoms with Crippen molar-refractivity contribution in [3.63, 3.8) is 0 Å². The van der Waals surface area contributed by atoms with Crippen LogP contribution in [0.1, 0.15) is 11.1 Å². The first kappa shape index (κ1) is 19.8. The fourth-order valence-corrected chi connectivity index (χ4v) is 2.73. The Morgan fingerprint density at radius 2 is 1.77 bits per heavy atom. The van der Waals surface area contributed by atoms with Crippen LogP contribution in [-0.2, 0) is 12.8 Å². The number of ether oxygens (including phenoxy) is 1. The molecule has 0 saturated carbocycles. The highest BCUT2D eigenvalue weighted by Crippen LogP contribution is 2.11.